The Balaban J connectivity index is 0.797. The van der Waals surface area contributed by atoms with Crippen molar-refractivity contribution in [3.63, 3.8) is 0 Å². The zero-order chi connectivity index (χ0) is 53.2. The van der Waals surface area contributed by atoms with Crippen LogP contribution in [0.25, 0.3) is 89.7 Å². The van der Waals surface area contributed by atoms with Gasteiger partial charge in [-0.2, -0.15) is 0 Å². The zero-order valence-corrected chi connectivity index (χ0v) is 43.7. The summed E-state index contributed by atoms with van der Waals surface area (Å²) in [5.74, 6) is 0. The summed E-state index contributed by atoms with van der Waals surface area (Å²) in [6, 6.07) is 108. The van der Waals surface area contributed by atoms with E-state index in [1.807, 2.05) is 12.1 Å². The number of hydrogen-bond acceptors (Lipinski definition) is 4. The van der Waals surface area contributed by atoms with Gasteiger partial charge in [0.15, 0.2) is 0 Å². The lowest BCUT2D eigenvalue weighted by atomic mass is 10.0. The highest BCUT2D eigenvalue weighted by Crippen LogP contribution is 2.42. The van der Waals surface area contributed by atoms with E-state index in [1.54, 1.807) is 0 Å². The van der Waals surface area contributed by atoms with Crippen molar-refractivity contribution in [3.05, 3.63) is 316 Å². The van der Waals surface area contributed by atoms with Crippen LogP contribution in [0.15, 0.2) is 316 Å². The molecule has 6 heteroatoms. The van der Waals surface area contributed by atoms with Gasteiger partial charge >= 0.3 is 0 Å². The molecule has 0 atom stereocenters. The molecule has 0 N–H and O–H groups in total. The van der Waals surface area contributed by atoms with Gasteiger partial charge in [0.1, 0.15) is 11.3 Å². The minimum absolute atomic E-state index is 0.912. The number of aromatic nitrogens is 4. The van der Waals surface area contributed by atoms with Crippen molar-refractivity contribution in [3.8, 4) is 78.4 Å². The van der Waals surface area contributed by atoms with Crippen LogP contribution in [0.5, 0.6) is 0 Å². The second kappa shape index (κ2) is 21.0. The fourth-order valence-corrected chi connectivity index (χ4v) is 11.0. The Morgan fingerprint density at radius 2 is 0.425 bits per heavy atom. The van der Waals surface area contributed by atoms with Gasteiger partial charge in [-0.1, -0.05) is 206 Å². The maximum atomic E-state index is 5.16. The predicted molar refractivity (Wildman–Crippen MR) is 331 cm³/mol. The molecule has 0 aliphatic heterocycles. The standard InChI is InChI=1S/C74H52N6/c1-5-17-53(18-6-1)55-27-39-63(40-28-55)79(67-47-35-59(36-48-67)71-73(61-21-9-3-10-22-61)77-51-15-13-25-69(77)75-71)65-43-31-57(32-44-65)58-33-45-66(46-34-58)80(64-41-29-56(30-42-64)54-19-7-2-8-20-54)68-49-37-60(38-50-68)72-74(62-23-11-4-12-24-62)78-52-16-14-26-70(78)76-72/h1-52H. The molecule has 0 saturated carbocycles. The molecule has 0 bridgehead atoms. The van der Waals surface area contributed by atoms with Gasteiger partial charge in [0.05, 0.1) is 22.8 Å². The van der Waals surface area contributed by atoms with Crippen molar-refractivity contribution in [2.24, 2.45) is 0 Å². The molecule has 0 saturated heterocycles. The van der Waals surface area contributed by atoms with Gasteiger partial charge in [0, 0.05) is 68.8 Å². The first-order valence-electron chi connectivity index (χ1n) is 27.0. The average Bonchev–Trinajstić information content (AvgIpc) is 4.24. The lowest BCUT2D eigenvalue weighted by Gasteiger charge is -2.27. The second-order valence-corrected chi connectivity index (χ2v) is 19.9. The molecule has 0 spiro atoms. The van der Waals surface area contributed by atoms with Crippen molar-refractivity contribution in [2.45, 2.75) is 0 Å². The van der Waals surface area contributed by atoms with Crippen LogP contribution in [-0.4, -0.2) is 18.8 Å². The predicted octanol–water partition coefficient (Wildman–Crippen LogP) is 19.6. The molecule has 4 heterocycles. The lowest BCUT2D eigenvalue weighted by molar-refractivity contribution is 1.19. The topological polar surface area (TPSA) is 41.1 Å². The van der Waals surface area contributed by atoms with E-state index < -0.39 is 0 Å². The van der Waals surface area contributed by atoms with Gasteiger partial charge in [0.25, 0.3) is 0 Å². The second-order valence-electron chi connectivity index (χ2n) is 19.9. The largest absolute Gasteiger partial charge is 0.311 e. The molecule has 14 rings (SSSR count). The number of pyridine rings is 2. The molecule has 4 aromatic heterocycles. The van der Waals surface area contributed by atoms with E-state index in [4.69, 9.17) is 9.97 Å². The average molecular weight is 1030 g/mol. The first-order chi connectivity index (χ1) is 39.7. The Morgan fingerprint density at radius 3 is 0.700 bits per heavy atom. The van der Waals surface area contributed by atoms with E-state index in [1.165, 1.54) is 22.3 Å². The van der Waals surface area contributed by atoms with Crippen molar-refractivity contribution in [2.75, 3.05) is 9.80 Å². The lowest BCUT2D eigenvalue weighted by Crippen LogP contribution is -2.10. The SMILES string of the molecule is c1ccc(-c2ccc(N(c3ccc(-c4ccc(N(c5ccc(-c6ccccc6)cc5)c5ccc(-c6nc7ccccn7c6-c6ccccc6)cc5)cc4)cc3)c3ccc(-c4nc5ccccn5c4-c4ccccc4)cc3)cc2)cc1. The Labute approximate surface area is 465 Å². The summed E-state index contributed by atoms with van der Waals surface area (Å²) in [6.45, 7) is 0. The van der Waals surface area contributed by atoms with Crippen LogP contribution in [0.2, 0.25) is 0 Å². The minimum atomic E-state index is 0.912. The van der Waals surface area contributed by atoms with E-state index in [2.05, 4.69) is 322 Å². The van der Waals surface area contributed by atoms with E-state index >= 15 is 0 Å². The van der Waals surface area contributed by atoms with Gasteiger partial charge in [-0.3, -0.25) is 8.80 Å². The van der Waals surface area contributed by atoms with Crippen LogP contribution in [-0.2, 0) is 0 Å². The van der Waals surface area contributed by atoms with E-state index in [0.717, 1.165) is 102 Å². The monoisotopic (exact) mass is 1020 g/mol. The highest BCUT2D eigenvalue weighted by molar-refractivity contribution is 5.87. The number of fused-ring (bicyclic) bond motifs is 2. The number of nitrogens with zero attached hydrogens (tertiary/aromatic N) is 6. The molecule has 0 aliphatic carbocycles. The normalized spacial score (nSPS) is 11.2. The van der Waals surface area contributed by atoms with E-state index in [0.29, 0.717) is 0 Å². The number of rotatable bonds is 13. The third-order valence-corrected chi connectivity index (χ3v) is 15.0. The quantitative estimate of drug-likeness (QED) is 0.115. The van der Waals surface area contributed by atoms with Crippen molar-refractivity contribution in [1.82, 2.24) is 18.8 Å². The maximum Gasteiger partial charge on any atom is 0.137 e. The molecule has 378 valence electrons. The van der Waals surface area contributed by atoms with Gasteiger partial charge in [-0.05, 0) is 130 Å². The summed E-state index contributed by atoms with van der Waals surface area (Å²) < 4.78 is 4.36. The number of benzene rings is 10. The van der Waals surface area contributed by atoms with Crippen LogP contribution >= 0.6 is 0 Å². The number of imidazole rings is 2. The molecule has 6 nitrogen and oxygen atoms in total. The fourth-order valence-electron chi connectivity index (χ4n) is 11.0. The third kappa shape index (κ3) is 9.16. The van der Waals surface area contributed by atoms with Crippen molar-refractivity contribution < 1.29 is 0 Å². The molecule has 14 aromatic rings. The zero-order valence-electron chi connectivity index (χ0n) is 43.7. The highest BCUT2D eigenvalue weighted by atomic mass is 15.1. The fraction of sp³-hybridized carbons (Fsp3) is 0. The minimum Gasteiger partial charge on any atom is -0.311 e. The summed E-state index contributed by atoms with van der Waals surface area (Å²) in [4.78, 5) is 15.0. The Hall–Kier alpha value is -10.8. The summed E-state index contributed by atoms with van der Waals surface area (Å²) >= 11 is 0. The highest BCUT2D eigenvalue weighted by Gasteiger charge is 2.21. The van der Waals surface area contributed by atoms with Crippen LogP contribution < -0.4 is 9.80 Å². The van der Waals surface area contributed by atoms with Crippen LogP contribution in [0.4, 0.5) is 34.1 Å². The van der Waals surface area contributed by atoms with E-state index in [9.17, 15) is 0 Å². The molecule has 0 radical (unpaired) electrons. The van der Waals surface area contributed by atoms with Gasteiger partial charge in [-0.25, -0.2) is 9.97 Å². The summed E-state index contributed by atoms with van der Waals surface area (Å²) in [7, 11) is 0. The molecule has 80 heavy (non-hydrogen) atoms. The van der Waals surface area contributed by atoms with Crippen LogP contribution in [0.1, 0.15) is 0 Å². The first-order valence-corrected chi connectivity index (χ1v) is 27.0. The van der Waals surface area contributed by atoms with Gasteiger partial charge in [0.2, 0.25) is 0 Å². The molecule has 0 amide bonds. The molecule has 10 aromatic carbocycles. The van der Waals surface area contributed by atoms with Crippen LogP contribution in [0, 0.1) is 0 Å². The Morgan fingerprint density at radius 1 is 0.200 bits per heavy atom. The first kappa shape index (κ1) is 47.6. The molecular formula is C74H52N6. The molecule has 0 unspecified atom stereocenters. The molecule has 0 aliphatic rings. The molecular weight excluding hydrogens is 973 g/mol. The number of hydrogen-bond donors (Lipinski definition) is 0. The number of anilines is 6. The summed E-state index contributed by atoms with van der Waals surface area (Å²) in [5.41, 5.74) is 23.5. The van der Waals surface area contributed by atoms with Gasteiger partial charge in [-0.15, -0.1) is 0 Å². The van der Waals surface area contributed by atoms with Crippen molar-refractivity contribution >= 4 is 45.4 Å². The summed E-state index contributed by atoms with van der Waals surface area (Å²) in [5, 5.41) is 0. The smallest absolute Gasteiger partial charge is 0.137 e. The van der Waals surface area contributed by atoms with Gasteiger partial charge < -0.3 is 9.80 Å². The summed E-state index contributed by atoms with van der Waals surface area (Å²) in [6.07, 6.45) is 4.18. The molecule has 0 fully saturated rings. The maximum absolute atomic E-state index is 5.16. The van der Waals surface area contributed by atoms with Crippen LogP contribution in [0.3, 0.4) is 0 Å². The third-order valence-electron chi connectivity index (χ3n) is 15.0. The van der Waals surface area contributed by atoms with Crippen molar-refractivity contribution in [1.29, 1.82) is 0 Å². The Kier molecular flexibility index (Phi) is 12.5. The van der Waals surface area contributed by atoms with E-state index in [-0.39, 0.29) is 0 Å². The Bertz CT molecular complexity index is 4100.